The molecule has 0 amide bonds. The van der Waals surface area contributed by atoms with Crippen LogP contribution in [0.4, 0.5) is 10.1 Å². The second kappa shape index (κ2) is 5.67. The zero-order chi connectivity index (χ0) is 13.1. The number of nitrogens with zero attached hydrogens (tertiary/aromatic N) is 2. The zero-order valence-electron chi connectivity index (χ0n) is 11.1. The van der Waals surface area contributed by atoms with E-state index in [0.717, 1.165) is 31.7 Å². The number of hydrogen-bond acceptors (Lipinski definition) is 3. The van der Waals surface area contributed by atoms with Gasteiger partial charge >= 0.3 is 0 Å². The number of benzene rings is 1. The molecule has 1 fully saturated rings. The molecule has 0 aromatic heterocycles. The maximum absolute atomic E-state index is 13.2. The van der Waals surface area contributed by atoms with Crippen LogP contribution in [0.5, 0.6) is 0 Å². The summed E-state index contributed by atoms with van der Waals surface area (Å²) in [5.74, 6) is -0.289. The molecule has 18 heavy (non-hydrogen) atoms. The van der Waals surface area contributed by atoms with Crippen molar-refractivity contribution in [2.75, 3.05) is 31.6 Å². The Balaban J connectivity index is 2.29. The largest absolute Gasteiger partial charge is 0.392 e. The fraction of sp³-hybridized carbons (Fsp3) is 0.571. The lowest BCUT2D eigenvalue weighted by Gasteiger charge is -2.31. The highest BCUT2D eigenvalue weighted by molar-refractivity contribution is 5.54. The Kier molecular flexibility index (Phi) is 4.19. The number of halogens is 1. The van der Waals surface area contributed by atoms with Gasteiger partial charge in [-0.3, -0.25) is 0 Å². The van der Waals surface area contributed by atoms with E-state index in [2.05, 4.69) is 23.8 Å². The van der Waals surface area contributed by atoms with E-state index in [1.54, 1.807) is 6.07 Å². The van der Waals surface area contributed by atoms with Gasteiger partial charge in [0.05, 0.1) is 6.61 Å². The van der Waals surface area contributed by atoms with E-state index in [1.807, 2.05) is 0 Å². The molecular weight excluding hydrogens is 231 g/mol. The third-order valence-electron chi connectivity index (χ3n) is 3.57. The van der Waals surface area contributed by atoms with Crippen LogP contribution in [-0.4, -0.2) is 42.7 Å². The molecule has 4 heteroatoms. The Labute approximate surface area is 108 Å². The van der Waals surface area contributed by atoms with Crippen molar-refractivity contribution >= 4 is 5.69 Å². The van der Waals surface area contributed by atoms with E-state index in [4.69, 9.17) is 0 Å². The van der Waals surface area contributed by atoms with E-state index >= 15 is 0 Å². The van der Waals surface area contributed by atoms with Crippen LogP contribution < -0.4 is 4.90 Å². The highest BCUT2D eigenvalue weighted by atomic mass is 19.1. The molecule has 1 atom stereocenters. The van der Waals surface area contributed by atoms with Gasteiger partial charge in [0.25, 0.3) is 0 Å². The molecule has 1 N–H and O–H groups in total. The van der Waals surface area contributed by atoms with E-state index < -0.39 is 0 Å². The van der Waals surface area contributed by atoms with Crippen LogP contribution in [0.25, 0.3) is 0 Å². The molecule has 0 aliphatic carbocycles. The maximum atomic E-state index is 13.2. The Morgan fingerprint density at radius 2 is 2.17 bits per heavy atom. The summed E-state index contributed by atoms with van der Waals surface area (Å²) in [6.45, 7) is 5.07. The van der Waals surface area contributed by atoms with Crippen LogP contribution in [0.15, 0.2) is 18.2 Å². The van der Waals surface area contributed by atoms with Crippen molar-refractivity contribution in [1.82, 2.24) is 4.90 Å². The molecule has 100 valence electrons. The van der Waals surface area contributed by atoms with Gasteiger partial charge in [0.15, 0.2) is 0 Å². The van der Waals surface area contributed by atoms with Crippen molar-refractivity contribution in [1.29, 1.82) is 0 Å². The number of hydrogen-bond donors (Lipinski definition) is 1. The van der Waals surface area contributed by atoms with Gasteiger partial charge in [-0.25, -0.2) is 4.39 Å². The molecule has 1 aliphatic heterocycles. The topological polar surface area (TPSA) is 26.7 Å². The summed E-state index contributed by atoms with van der Waals surface area (Å²) in [7, 11) is 2.12. The summed E-state index contributed by atoms with van der Waals surface area (Å²) in [5.41, 5.74) is 1.63. The van der Waals surface area contributed by atoms with Crippen LogP contribution >= 0.6 is 0 Å². The van der Waals surface area contributed by atoms with Gasteiger partial charge in [0.2, 0.25) is 0 Å². The maximum Gasteiger partial charge on any atom is 0.123 e. The minimum Gasteiger partial charge on any atom is -0.392 e. The Hall–Kier alpha value is -1.13. The van der Waals surface area contributed by atoms with E-state index in [9.17, 15) is 9.50 Å². The molecule has 0 bridgehead atoms. The third kappa shape index (κ3) is 2.82. The molecule has 3 nitrogen and oxygen atoms in total. The SMILES string of the molecule is CC1CN(C)CCCN1c1ccc(F)cc1CO. The minimum atomic E-state index is -0.289. The quantitative estimate of drug-likeness (QED) is 0.870. The first kappa shape index (κ1) is 13.3. The molecule has 0 saturated carbocycles. The molecule has 1 heterocycles. The lowest BCUT2D eigenvalue weighted by atomic mass is 10.1. The van der Waals surface area contributed by atoms with Crippen LogP contribution in [-0.2, 0) is 6.61 Å². The van der Waals surface area contributed by atoms with Crippen LogP contribution in [0.1, 0.15) is 18.9 Å². The van der Waals surface area contributed by atoms with E-state index in [-0.39, 0.29) is 12.4 Å². The van der Waals surface area contributed by atoms with Crippen molar-refractivity contribution in [2.24, 2.45) is 0 Å². The number of rotatable bonds is 2. The summed E-state index contributed by atoms with van der Waals surface area (Å²) in [5, 5.41) is 9.38. The first-order chi connectivity index (χ1) is 8.61. The normalized spacial score (nSPS) is 22.0. The fourth-order valence-electron chi connectivity index (χ4n) is 2.69. The van der Waals surface area contributed by atoms with Gasteiger partial charge in [0, 0.05) is 30.4 Å². The molecule has 1 aromatic rings. The van der Waals surface area contributed by atoms with Gasteiger partial charge in [-0.05, 0) is 45.1 Å². The third-order valence-corrected chi connectivity index (χ3v) is 3.57. The molecule has 1 unspecified atom stereocenters. The van der Waals surface area contributed by atoms with Gasteiger partial charge in [-0.15, -0.1) is 0 Å². The minimum absolute atomic E-state index is 0.119. The van der Waals surface area contributed by atoms with Gasteiger partial charge in [0.1, 0.15) is 5.82 Å². The first-order valence-electron chi connectivity index (χ1n) is 6.46. The van der Waals surface area contributed by atoms with Crippen molar-refractivity contribution in [2.45, 2.75) is 26.0 Å². The van der Waals surface area contributed by atoms with Crippen LogP contribution in [0.2, 0.25) is 0 Å². The van der Waals surface area contributed by atoms with Gasteiger partial charge in [-0.1, -0.05) is 0 Å². The average Bonchev–Trinajstić information content (AvgIpc) is 2.50. The van der Waals surface area contributed by atoms with Crippen molar-refractivity contribution in [3.8, 4) is 0 Å². The summed E-state index contributed by atoms with van der Waals surface area (Å²) in [4.78, 5) is 4.58. The second-order valence-electron chi connectivity index (χ2n) is 5.09. The van der Waals surface area contributed by atoms with E-state index in [1.165, 1.54) is 12.1 Å². The predicted molar refractivity (Wildman–Crippen MR) is 71.2 cm³/mol. The summed E-state index contributed by atoms with van der Waals surface area (Å²) in [6.07, 6.45) is 1.09. The molecule has 0 radical (unpaired) electrons. The molecule has 0 spiro atoms. The Morgan fingerprint density at radius 1 is 1.39 bits per heavy atom. The van der Waals surface area contributed by atoms with Crippen molar-refractivity contribution in [3.63, 3.8) is 0 Å². The monoisotopic (exact) mass is 252 g/mol. The van der Waals surface area contributed by atoms with Crippen LogP contribution in [0.3, 0.4) is 0 Å². The number of likely N-dealkylation sites (N-methyl/N-ethyl adjacent to an activating group) is 1. The molecule has 1 saturated heterocycles. The first-order valence-corrected chi connectivity index (χ1v) is 6.46. The fourth-order valence-corrected chi connectivity index (χ4v) is 2.69. The molecule has 1 aromatic carbocycles. The molecular formula is C14H21FN2O. The number of aliphatic hydroxyl groups excluding tert-OH is 1. The Bertz CT molecular complexity index is 411. The second-order valence-corrected chi connectivity index (χ2v) is 5.09. The summed E-state index contributed by atoms with van der Waals surface area (Å²) >= 11 is 0. The standard InChI is InChI=1S/C14H21FN2O/c1-11-9-16(2)6-3-7-17(11)14-5-4-13(15)8-12(14)10-18/h4-5,8,11,18H,3,6-7,9-10H2,1-2H3. The van der Waals surface area contributed by atoms with Crippen molar-refractivity contribution < 1.29 is 9.50 Å². The smallest absolute Gasteiger partial charge is 0.123 e. The van der Waals surface area contributed by atoms with Gasteiger partial charge in [-0.2, -0.15) is 0 Å². The lowest BCUT2D eigenvalue weighted by molar-refractivity contribution is 0.281. The summed E-state index contributed by atoms with van der Waals surface area (Å²) < 4.78 is 13.2. The Morgan fingerprint density at radius 3 is 2.89 bits per heavy atom. The summed E-state index contributed by atoms with van der Waals surface area (Å²) in [6, 6.07) is 5.04. The van der Waals surface area contributed by atoms with Crippen LogP contribution in [0, 0.1) is 5.82 Å². The lowest BCUT2D eigenvalue weighted by Crippen LogP contribution is -2.38. The highest BCUT2D eigenvalue weighted by Crippen LogP contribution is 2.25. The van der Waals surface area contributed by atoms with Gasteiger partial charge < -0.3 is 14.9 Å². The van der Waals surface area contributed by atoms with Crippen molar-refractivity contribution in [3.05, 3.63) is 29.6 Å². The average molecular weight is 252 g/mol. The predicted octanol–water partition coefficient (Wildman–Crippen LogP) is 1.85. The van der Waals surface area contributed by atoms with E-state index in [0.29, 0.717) is 11.6 Å². The number of aliphatic hydroxyl groups is 1. The highest BCUT2D eigenvalue weighted by Gasteiger charge is 2.21. The number of anilines is 1. The molecule has 2 rings (SSSR count). The molecule has 1 aliphatic rings. The zero-order valence-corrected chi connectivity index (χ0v) is 11.1.